The van der Waals surface area contributed by atoms with Gasteiger partial charge in [0.1, 0.15) is 6.04 Å². The summed E-state index contributed by atoms with van der Waals surface area (Å²) in [4.78, 5) is 0.485. The summed E-state index contributed by atoms with van der Waals surface area (Å²) >= 11 is 6.18. The van der Waals surface area contributed by atoms with Gasteiger partial charge in [0.25, 0.3) is 0 Å². The molecule has 2 aliphatic heterocycles. The van der Waals surface area contributed by atoms with Crippen molar-refractivity contribution in [2.75, 3.05) is 11.4 Å². The second-order valence-electron chi connectivity index (χ2n) is 7.56. The highest BCUT2D eigenvalue weighted by atomic mass is 35.5. The molecule has 3 aromatic rings. The molecule has 5 nitrogen and oxygen atoms in total. The van der Waals surface area contributed by atoms with Crippen LogP contribution in [-0.4, -0.2) is 27.7 Å². The summed E-state index contributed by atoms with van der Waals surface area (Å²) in [5.41, 5.74) is 1.45. The SMILES string of the molecule is O=S1(=O)c2ccccc2S(=O)(=O)C1(F)C1c2cc(Cl)ccc2CCN1c1ccccc1. The fraction of sp³-hybridized carbons (Fsp3) is 0.182. The van der Waals surface area contributed by atoms with Crippen LogP contribution in [0.4, 0.5) is 10.1 Å². The van der Waals surface area contributed by atoms with Gasteiger partial charge in [-0.2, -0.15) is 0 Å². The maximum absolute atomic E-state index is 17.0. The van der Waals surface area contributed by atoms with Crippen LogP contribution >= 0.6 is 11.6 Å². The number of alkyl halides is 1. The smallest absolute Gasteiger partial charge is 0.341 e. The largest absolute Gasteiger partial charge is 0.359 e. The minimum atomic E-state index is -4.89. The van der Waals surface area contributed by atoms with Crippen LogP contribution in [0.25, 0.3) is 0 Å². The summed E-state index contributed by atoms with van der Waals surface area (Å²) in [6.45, 7) is 0.246. The molecule has 0 saturated heterocycles. The molecule has 0 spiro atoms. The molecule has 0 fully saturated rings. The molecule has 5 rings (SSSR count). The van der Waals surface area contributed by atoms with Crippen molar-refractivity contribution in [1.82, 2.24) is 0 Å². The number of fused-ring (bicyclic) bond motifs is 2. The van der Waals surface area contributed by atoms with E-state index in [9.17, 15) is 16.8 Å². The van der Waals surface area contributed by atoms with Crippen molar-refractivity contribution in [2.24, 2.45) is 0 Å². The van der Waals surface area contributed by atoms with Gasteiger partial charge in [0.15, 0.2) is 0 Å². The molecule has 9 heteroatoms. The number of anilines is 1. The van der Waals surface area contributed by atoms with Gasteiger partial charge < -0.3 is 4.90 Å². The lowest BCUT2D eigenvalue weighted by Crippen LogP contribution is -2.53. The molecule has 31 heavy (non-hydrogen) atoms. The first kappa shape index (κ1) is 20.5. The molecule has 0 bridgehead atoms. The number of rotatable bonds is 2. The molecule has 1 atom stereocenters. The van der Waals surface area contributed by atoms with E-state index in [1.807, 2.05) is 0 Å². The van der Waals surface area contributed by atoms with Crippen LogP contribution in [0.5, 0.6) is 0 Å². The van der Waals surface area contributed by atoms with E-state index in [1.54, 1.807) is 42.5 Å². The Labute approximate surface area is 184 Å². The predicted molar refractivity (Wildman–Crippen MR) is 116 cm³/mol. The second-order valence-corrected chi connectivity index (χ2v) is 12.3. The zero-order chi connectivity index (χ0) is 22.0. The van der Waals surface area contributed by atoms with Crippen molar-refractivity contribution in [3.63, 3.8) is 0 Å². The fourth-order valence-electron chi connectivity index (χ4n) is 4.49. The number of halogens is 2. The van der Waals surface area contributed by atoms with E-state index in [1.165, 1.54) is 23.1 Å². The van der Waals surface area contributed by atoms with Crippen LogP contribution < -0.4 is 4.90 Å². The van der Waals surface area contributed by atoms with Crippen molar-refractivity contribution in [1.29, 1.82) is 0 Å². The van der Waals surface area contributed by atoms with E-state index in [4.69, 9.17) is 11.6 Å². The molecule has 160 valence electrons. The molecule has 0 radical (unpaired) electrons. The van der Waals surface area contributed by atoms with Gasteiger partial charge in [-0.25, -0.2) is 21.2 Å². The lowest BCUT2D eigenvalue weighted by Gasteiger charge is -2.43. The summed E-state index contributed by atoms with van der Waals surface area (Å²) in [7, 11) is -9.78. The third-order valence-electron chi connectivity index (χ3n) is 5.91. The first-order valence-corrected chi connectivity index (χ1v) is 12.9. The number of nitrogens with zero attached hydrogens (tertiary/aromatic N) is 1. The molecule has 2 aliphatic rings. The third kappa shape index (κ3) is 2.65. The van der Waals surface area contributed by atoms with Gasteiger partial charge in [0, 0.05) is 17.3 Å². The van der Waals surface area contributed by atoms with Crippen LogP contribution in [0.1, 0.15) is 17.2 Å². The zero-order valence-electron chi connectivity index (χ0n) is 16.1. The van der Waals surface area contributed by atoms with E-state index in [2.05, 4.69) is 0 Å². The molecule has 0 N–H and O–H groups in total. The van der Waals surface area contributed by atoms with E-state index in [0.717, 1.165) is 12.1 Å². The quantitative estimate of drug-likeness (QED) is 0.549. The Morgan fingerprint density at radius 3 is 2.06 bits per heavy atom. The Balaban J connectivity index is 1.85. The van der Waals surface area contributed by atoms with Crippen LogP contribution in [0, 0.1) is 0 Å². The van der Waals surface area contributed by atoms with Gasteiger partial charge in [0.05, 0.1) is 9.79 Å². The Morgan fingerprint density at radius 2 is 1.45 bits per heavy atom. The van der Waals surface area contributed by atoms with Gasteiger partial charge in [0.2, 0.25) is 19.7 Å². The third-order valence-corrected chi connectivity index (χ3v) is 11.4. The van der Waals surface area contributed by atoms with Crippen LogP contribution in [0.3, 0.4) is 0 Å². The average molecular weight is 478 g/mol. The Bertz CT molecular complexity index is 1360. The molecule has 0 aliphatic carbocycles. The van der Waals surface area contributed by atoms with Crippen LogP contribution in [0.2, 0.25) is 5.02 Å². The molecule has 0 saturated carbocycles. The summed E-state index contributed by atoms with van der Waals surface area (Å²) in [5, 5.41) is 0.271. The monoisotopic (exact) mass is 477 g/mol. The minimum Gasteiger partial charge on any atom is -0.359 e. The zero-order valence-corrected chi connectivity index (χ0v) is 18.5. The van der Waals surface area contributed by atoms with Gasteiger partial charge >= 0.3 is 4.33 Å². The molecule has 0 aromatic heterocycles. The maximum atomic E-state index is 17.0. The molecule has 1 unspecified atom stereocenters. The van der Waals surface area contributed by atoms with Crippen molar-refractivity contribution in [3.05, 3.63) is 88.9 Å². The Kier molecular flexibility index (Phi) is 4.48. The van der Waals surface area contributed by atoms with Crippen LogP contribution in [-0.2, 0) is 26.1 Å². The second kappa shape index (κ2) is 6.79. The standard InChI is InChI=1S/C22H17ClFNO4S2/c23-16-11-10-15-12-13-25(17-6-2-1-3-7-17)21(18(15)14-16)22(24)30(26,27)19-8-4-5-9-20(19)31(22,28)29/h1-11,14,21H,12-13H2. The topological polar surface area (TPSA) is 71.5 Å². The van der Waals surface area contributed by atoms with Gasteiger partial charge in [-0.15, -0.1) is 0 Å². The van der Waals surface area contributed by atoms with E-state index in [-0.39, 0.29) is 17.1 Å². The van der Waals surface area contributed by atoms with E-state index >= 15 is 4.39 Å². The molecular formula is C22H17ClFNO4S2. The average Bonchev–Trinajstić information content (AvgIpc) is 2.89. The Hall–Kier alpha value is -2.42. The number of hydrogen-bond donors (Lipinski definition) is 0. The molecule has 3 aromatic carbocycles. The van der Waals surface area contributed by atoms with Gasteiger partial charge in [-0.3, -0.25) is 0 Å². The first-order valence-electron chi connectivity index (χ1n) is 9.57. The number of benzene rings is 3. The van der Waals surface area contributed by atoms with E-state index < -0.39 is 39.8 Å². The van der Waals surface area contributed by atoms with Gasteiger partial charge in [-0.1, -0.05) is 48.0 Å². The van der Waals surface area contributed by atoms with Crippen molar-refractivity contribution in [2.45, 2.75) is 26.6 Å². The van der Waals surface area contributed by atoms with Crippen molar-refractivity contribution < 1.29 is 21.2 Å². The fourth-order valence-corrected chi connectivity index (χ4v) is 9.90. The van der Waals surface area contributed by atoms with Crippen LogP contribution in [0.15, 0.2) is 82.6 Å². The number of para-hydroxylation sites is 1. The van der Waals surface area contributed by atoms with Crippen molar-refractivity contribution >= 4 is 37.0 Å². The Morgan fingerprint density at radius 1 is 0.871 bits per heavy atom. The number of hydrogen-bond acceptors (Lipinski definition) is 5. The predicted octanol–water partition coefficient (Wildman–Crippen LogP) is 4.33. The highest BCUT2D eigenvalue weighted by molar-refractivity contribution is 8.12. The normalized spacial score (nSPS) is 22.5. The van der Waals surface area contributed by atoms with E-state index in [0.29, 0.717) is 17.7 Å². The summed E-state index contributed by atoms with van der Waals surface area (Å²) < 4.78 is 67.3. The molecule has 0 amide bonds. The highest BCUT2D eigenvalue weighted by Crippen LogP contribution is 2.56. The lowest BCUT2D eigenvalue weighted by molar-refractivity contribution is 0.297. The highest BCUT2D eigenvalue weighted by Gasteiger charge is 2.70. The van der Waals surface area contributed by atoms with Crippen molar-refractivity contribution in [3.8, 4) is 0 Å². The summed E-state index contributed by atoms with van der Waals surface area (Å²) in [6.07, 6.45) is 0.487. The maximum Gasteiger partial charge on any atom is 0.341 e. The lowest BCUT2D eigenvalue weighted by atomic mass is 9.92. The molecular weight excluding hydrogens is 461 g/mol. The summed E-state index contributed by atoms with van der Waals surface area (Å²) in [6, 6.07) is 16.9. The molecule has 2 heterocycles. The first-order chi connectivity index (χ1) is 14.7. The minimum absolute atomic E-state index is 0.246. The summed E-state index contributed by atoms with van der Waals surface area (Å²) in [5.74, 6) is 0. The number of sulfone groups is 2. The van der Waals surface area contributed by atoms with Gasteiger partial charge in [-0.05, 0) is 53.9 Å².